The van der Waals surface area contributed by atoms with Gasteiger partial charge < -0.3 is 14.0 Å². The average Bonchev–Trinajstić information content (AvgIpc) is 3.01. The Morgan fingerprint density at radius 2 is 0.600 bits per heavy atom. The Labute approximate surface area is 281 Å². The van der Waals surface area contributed by atoms with Crippen molar-refractivity contribution in [2.45, 2.75) is 206 Å². The van der Waals surface area contributed by atoms with Crippen LogP contribution in [0, 0.1) is 0 Å². The number of nitrogens with zero attached hydrogens (tertiary/aromatic N) is 1. The number of hydrogen-bond donors (Lipinski definition) is 0. The van der Waals surface area contributed by atoms with E-state index in [2.05, 4.69) is 27.9 Å². The van der Waals surface area contributed by atoms with Gasteiger partial charge >= 0.3 is 11.9 Å². The standard InChI is InChI=1S/C40H80NO4/c1-5-7-9-11-13-15-17-19-20-22-24-26-28-30-32-34-40(43)45-38-36-41(3,4)35-37-44-39(42)33-31-29-27-25-23-21-18-16-14-12-10-8-6-2/h5-38H2,1-4H3/q+1. The molecule has 5 nitrogen and oxygen atoms in total. The van der Waals surface area contributed by atoms with Crippen molar-refractivity contribution in [2.24, 2.45) is 0 Å². The second kappa shape index (κ2) is 34.2. The van der Waals surface area contributed by atoms with Crippen molar-refractivity contribution in [2.75, 3.05) is 40.4 Å². The van der Waals surface area contributed by atoms with Gasteiger partial charge in [0, 0.05) is 12.8 Å². The van der Waals surface area contributed by atoms with Gasteiger partial charge in [-0.2, -0.15) is 0 Å². The number of quaternary nitrogens is 1. The largest absolute Gasteiger partial charge is 0.460 e. The molecule has 0 aromatic heterocycles. The number of hydrogen-bond acceptors (Lipinski definition) is 4. The third-order valence-electron chi connectivity index (χ3n) is 9.39. The van der Waals surface area contributed by atoms with Crippen molar-refractivity contribution in [1.82, 2.24) is 0 Å². The predicted octanol–water partition coefficient (Wildman–Crippen LogP) is 11.9. The van der Waals surface area contributed by atoms with Gasteiger partial charge in [-0.1, -0.05) is 181 Å². The smallest absolute Gasteiger partial charge is 0.305 e. The Bertz CT molecular complexity index is 636. The fourth-order valence-electron chi connectivity index (χ4n) is 6.00. The minimum Gasteiger partial charge on any atom is -0.460 e. The summed E-state index contributed by atoms with van der Waals surface area (Å²) >= 11 is 0. The lowest BCUT2D eigenvalue weighted by molar-refractivity contribution is -0.890. The van der Waals surface area contributed by atoms with Gasteiger partial charge in [0.1, 0.15) is 26.3 Å². The van der Waals surface area contributed by atoms with Crippen LogP contribution in [0.25, 0.3) is 0 Å². The average molecular weight is 639 g/mol. The summed E-state index contributed by atoms with van der Waals surface area (Å²) in [4.78, 5) is 24.2. The third-order valence-corrected chi connectivity index (χ3v) is 9.39. The van der Waals surface area contributed by atoms with Crippen LogP contribution in [0.3, 0.4) is 0 Å². The van der Waals surface area contributed by atoms with Crippen LogP contribution in [0.1, 0.15) is 206 Å². The second-order valence-electron chi connectivity index (χ2n) is 14.5. The zero-order chi connectivity index (χ0) is 33.1. The van der Waals surface area contributed by atoms with Crippen LogP contribution in [-0.4, -0.2) is 56.8 Å². The Hall–Kier alpha value is -1.10. The molecule has 0 radical (unpaired) electrons. The number of esters is 2. The number of unbranched alkanes of at least 4 members (excludes halogenated alkanes) is 26. The highest BCUT2D eigenvalue weighted by Crippen LogP contribution is 2.15. The highest BCUT2D eigenvalue weighted by Gasteiger charge is 2.17. The third kappa shape index (κ3) is 35.6. The Kier molecular flexibility index (Phi) is 33.4. The minimum absolute atomic E-state index is 0.0751. The molecule has 0 bridgehead atoms. The molecule has 0 spiro atoms. The molecule has 0 aromatic carbocycles. The molecule has 0 aliphatic carbocycles. The summed E-state index contributed by atoms with van der Waals surface area (Å²) in [5.74, 6) is -0.151. The predicted molar refractivity (Wildman–Crippen MR) is 194 cm³/mol. The topological polar surface area (TPSA) is 52.6 Å². The van der Waals surface area contributed by atoms with E-state index in [1.807, 2.05) is 0 Å². The molecule has 0 saturated heterocycles. The van der Waals surface area contributed by atoms with Crippen molar-refractivity contribution in [3.8, 4) is 0 Å². The van der Waals surface area contributed by atoms with Crippen LogP contribution in [0.2, 0.25) is 0 Å². The van der Waals surface area contributed by atoms with Crippen LogP contribution in [0.5, 0.6) is 0 Å². The van der Waals surface area contributed by atoms with Crippen LogP contribution < -0.4 is 0 Å². The summed E-state index contributed by atoms with van der Waals surface area (Å²) < 4.78 is 11.7. The molecule has 0 saturated carbocycles. The first kappa shape index (κ1) is 43.9. The molecule has 5 heteroatoms. The van der Waals surface area contributed by atoms with Gasteiger partial charge in [0.2, 0.25) is 0 Å². The van der Waals surface area contributed by atoms with Crippen LogP contribution in [0.15, 0.2) is 0 Å². The number of rotatable bonds is 36. The molecule has 0 aliphatic rings. The van der Waals surface area contributed by atoms with Gasteiger partial charge in [0.05, 0.1) is 14.1 Å². The molecule has 0 rings (SSSR count). The first-order valence-corrected chi connectivity index (χ1v) is 20.0. The van der Waals surface area contributed by atoms with Crippen LogP contribution in [0.4, 0.5) is 0 Å². The van der Waals surface area contributed by atoms with Gasteiger partial charge in [0.25, 0.3) is 0 Å². The lowest BCUT2D eigenvalue weighted by Crippen LogP contribution is -2.45. The van der Waals surface area contributed by atoms with Gasteiger partial charge in [-0.3, -0.25) is 9.59 Å². The van der Waals surface area contributed by atoms with E-state index in [4.69, 9.17) is 9.47 Å². The number of carbonyl (C=O) groups excluding carboxylic acids is 2. The maximum absolute atomic E-state index is 12.1. The SMILES string of the molecule is CCCCCCCCCCCCCCCCCC(=O)OCC[N+](C)(C)CCOC(=O)CCCCCCCCCCCCCCC. The number of likely N-dealkylation sites (N-methyl/N-ethyl adjacent to an activating group) is 1. The fraction of sp³-hybridized carbons (Fsp3) is 0.950. The van der Waals surface area contributed by atoms with Crippen LogP contribution in [-0.2, 0) is 19.1 Å². The van der Waals surface area contributed by atoms with E-state index in [-0.39, 0.29) is 11.9 Å². The summed E-state index contributed by atoms with van der Waals surface area (Å²) in [6.07, 6.45) is 38.0. The quantitative estimate of drug-likeness (QED) is 0.0389. The summed E-state index contributed by atoms with van der Waals surface area (Å²) in [6.45, 7) is 6.88. The molecule has 268 valence electrons. The molecule has 45 heavy (non-hydrogen) atoms. The van der Waals surface area contributed by atoms with E-state index in [0.717, 1.165) is 38.8 Å². The van der Waals surface area contributed by atoms with Crippen molar-refractivity contribution in [3.05, 3.63) is 0 Å². The monoisotopic (exact) mass is 639 g/mol. The summed E-state index contributed by atoms with van der Waals surface area (Å²) in [6, 6.07) is 0. The van der Waals surface area contributed by atoms with E-state index in [1.165, 1.54) is 154 Å². The van der Waals surface area contributed by atoms with E-state index in [1.54, 1.807) is 0 Å². The molecular formula is C40H80NO4+. The molecule has 0 amide bonds. The summed E-state index contributed by atoms with van der Waals surface area (Å²) in [5.41, 5.74) is 0. The molecule has 0 N–H and O–H groups in total. The summed E-state index contributed by atoms with van der Waals surface area (Å²) in [7, 11) is 4.20. The molecule has 0 aliphatic heterocycles. The van der Waals surface area contributed by atoms with Gasteiger partial charge in [-0.25, -0.2) is 0 Å². The van der Waals surface area contributed by atoms with E-state index in [9.17, 15) is 9.59 Å². The highest BCUT2D eigenvalue weighted by molar-refractivity contribution is 5.69. The lowest BCUT2D eigenvalue weighted by Gasteiger charge is -2.29. The molecule has 0 fully saturated rings. The van der Waals surface area contributed by atoms with Crippen molar-refractivity contribution in [3.63, 3.8) is 0 Å². The fourth-order valence-corrected chi connectivity index (χ4v) is 6.00. The highest BCUT2D eigenvalue weighted by atomic mass is 16.5. The molecule has 0 atom stereocenters. The first-order chi connectivity index (χ1) is 21.9. The number of ether oxygens (including phenoxy) is 2. The Morgan fingerprint density at radius 3 is 0.844 bits per heavy atom. The molecule has 0 heterocycles. The van der Waals surface area contributed by atoms with Crippen molar-refractivity contribution < 1.29 is 23.5 Å². The maximum atomic E-state index is 12.1. The van der Waals surface area contributed by atoms with E-state index < -0.39 is 0 Å². The first-order valence-electron chi connectivity index (χ1n) is 20.0. The molecule has 0 unspecified atom stereocenters. The molecular weight excluding hydrogens is 558 g/mol. The second-order valence-corrected chi connectivity index (χ2v) is 14.5. The summed E-state index contributed by atoms with van der Waals surface area (Å²) in [5, 5.41) is 0. The zero-order valence-electron chi connectivity index (χ0n) is 31.1. The molecule has 0 aromatic rings. The van der Waals surface area contributed by atoms with Crippen molar-refractivity contribution in [1.29, 1.82) is 0 Å². The van der Waals surface area contributed by atoms with Crippen LogP contribution >= 0.6 is 0 Å². The Balaban J connectivity index is 3.49. The zero-order valence-corrected chi connectivity index (χ0v) is 31.1. The Morgan fingerprint density at radius 1 is 0.378 bits per heavy atom. The van der Waals surface area contributed by atoms with Gasteiger partial charge in [-0.15, -0.1) is 0 Å². The number of carbonyl (C=O) groups is 2. The minimum atomic E-state index is -0.0759. The maximum Gasteiger partial charge on any atom is 0.305 e. The lowest BCUT2D eigenvalue weighted by atomic mass is 10.0. The normalized spacial score (nSPS) is 11.6. The van der Waals surface area contributed by atoms with Crippen molar-refractivity contribution >= 4 is 11.9 Å². The van der Waals surface area contributed by atoms with Gasteiger partial charge in [0.15, 0.2) is 0 Å². The van der Waals surface area contributed by atoms with E-state index in [0.29, 0.717) is 30.5 Å². The van der Waals surface area contributed by atoms with Gasteiger partial charge in [-0.05, 0) is 12.8 Å². The van der Waals surface area contributed by atoms with E-state index >= 15 is 0 Å².